The summed E-state index contributed by atoms with van der Waals surface area (Å²) in [6, 6.07) is 4.87. The maximum absolute atomic E-state index is 12.1. The summed E-state index contributed by atoms with van der Waals surface area (Å²) in [4.78, 5) is 15.8. The molecule has 0 atom stereocenters. The first-order valence-corrected chi connectivity index (χ1v) is 7.09. The number of methoxy groups -OCH3 is 1. The molecule has 1 aromatic carbocycles. The van der Waals surface area contributed by atoms with Crippen LogP contribution in [0.3, 0.4) is 0 Å². The lowest BCUT2D eigenvalue weighted by atomic mass is 10.2. The van der Waals surface area contributed by atoms with Gasteiger partial charge in [0.05, 0.1) is 29.0 Å². The summed E-state index contributed by atoms with van der Waals surface area (Å²) in [5, 5.41) is 12.3. The van der Waals surface area contributed by atoms with Crippen molar-refractivity contribution >= 4 is 43.5 Å². The fourth-order valence-corrected chi connectivity index (χ4v) is 2.80. The molecule has 0 aliphatic heterocycles. The zero-order valence-electron chi connectivity index (χ0n) is 10.4. The topological polar surface area (TPSA) is 71.5 Å². The number of aromatic nitrogens is 1. The van der Waals surface area contributed by atoms with Crippen molar-refractivity contribution in [2.75, 3.05) is 12.4 Å². The van der Waals surface area contributed by atoms with Crippen molar-refractivity contribution in [3.05, 3.63) is 45.1 Å². The number of amides is 1. The Hall–Kier alpha value is -1.60. The smallest absolute Gasteiger partial charge is 0.259 e. The zero-order valence-corrected chi connectivity index (χ0v) is 13.5. The summed E-state index contributed by atoms with van der Waals surface area (Å²) in [6.45, 7) is 0. The highest BCUT2D eigenvalue weighted by atomic mass is 79.9. The maximum atomic E-state index is 12.1. The molecule has 0 spiro atoms. The molecule has 0 saturated heterocycles. The highest BCUT2D eigenvalue weighted by Crippen LogP contribution is 2.34. The Labute approximate surface area is 132 Å². The summed E-state index contributed by atoms with van der Waals surface area (Å²) in [5.74, 6) is -0.0253. The maximum Gasteiger partial charge on any atom is 0.259 e. The lowest BCUT2D eigenvalue weighted by molar-refractivity contribution is 0.102. The van der Waals surface area contributed by atoms with Gasteiger partial charge in [0, 0.05) is 16.7 Å². The molecule has 0 aliphatic carbocycles. The second-order valence-electron chi connectivity index (χ2n) is 3.81. The normalized spacial score (nSPS) is 10.2. The molecule has 1 aromatic heterocycles. The van der Waals surface area contributed by atoms with Crippen LogP contribution in [0.2, 0.25) is 0 Å². The third-order valence-electron chi connectivity index (χ3n) is 2.53. The van der Waals surface area contributed by atoms with Crippen LogP contribution in [-0.2, 0) is 0 Å². The number of benzene rings is 1. The Morgan fingerprint density at radius 1 is 1.35 bits per heavy atom. The fraction of sp³-hybridized carbons (Fsp3) is 0.0769. The van der Waals surface area contributed by atoms with E-state index in [1.54, 1.807) is 12.1 Å². The summed E-state index contributed by atoms with van der Waals surface area (Å²) >= 11 is 6.70. The van der Waals surface area contributed by atoms with Crippen molar-refractivity contribution in [1.82, 2.24) is 4.98 Å². The van der Waals surface area contributed by atoms with Crippen molar-refractivity contribution in [3.8, 4) is 11.5 Å². The predicted molar refractivity (Wildman–Crippen MR) is 82.2 cm³/mol. The molecule has 0 aliphatic rings. The molecule has 2 N–H and O–H groups in total. The third-order valence-corrected chi connectivity index (χ3v) is 3.81. The van der Waals surface area contributed by atoms with Gasteiger partial charge in [0.2, 0.25) is 0 Å². The van der Waals surface area contributed by atoms with Crippen LogP contribution in [0.4, 0.5) is 5.69 Å². The molecule has 20 heavy (non-hydrogen) atoms. The van der Waals surface area contributed by atoms with E-state index >= 15 is 0 Å². The second-order valence-corrected chi connectivity index (χ2v) is 5.52. The van der Waals surface area contributed by atoms with E-state index < -0.39 is 5.91 Å². The van der Waals surface area contributed by atoms with Crippen LogP contribution in [0.5, 0.6) is 11.5 Å². The molecule has 1 heterocycles. The largest absolute Gasteiger partial charge is 0.505 e. The molecule has 7 heteroatoms. The number of nitrogens with one attached hydrogen (secondary N) is 1. The highest BCUT2D eigenvalue weighted by Gasteiger charge is 2.14. The number of rotatable bonds is 3. The lowest BCUT2D eigenvalue weighted by Gasteiger charge is -2.11. The van der Waals surface area contributed by atoms with Crippen LogP contribution in [-0.4, -0.2) is 23.1 Å². The number of carbonyl (C=O) groups is 1. The summed E-state index contributed by atoms with van der Waals surface area (Å²) in [5.41, 5.74) is 0.681. The fourth-order valence-electron chi connectivity index (χ4n) is 1.55. The van der Waals surface area contributed by atoms with Gasteiger partial charge in [-0.25, -0.2) is 0 Å². The Bertz CT molecular complexity index is 662. The van der Waals surface area contributed by atoms with Crippen LogP contribution in [0, 0.1) is 0 Å². The first-order valence-electron chi connectivity index (χ1n) is 5.50. The highest BCUT2D eigenvalue weighted by molar-refractivity contribution is 9.11. The monoisotopic (exact) mass is 400 g/mol. The van der Waals surface area contributed by atoms with Gasteiger partial charge in [-0.1, -0.05) is 0 Å². The number of anilines is 1. The lowest BCUT2D eigenvalue weighted by Crippen LogP contribution is -2.12. The number of hydrogen-bond donors (Lipinski definition) is 2. The molecule has 0 unspecified atom stereocenters. The minimum atomic E-state index is -0.435. The Balaban J connectivity index is 2.31. The number of pyridine rings is 1. The minimum absolute atomic E-state index is 0.147. The van der Waals surface area contributed by atoms with Gasteiger partial charge in [-0.3, -0.25) is 9.78 Å². The molecule has 0 bridgehead atoms. The van der Waals surface area contributed by atoms with Gasteiger partial charge in [0.15, 0.2) is 0 Å². The molecule has 0 saturated carbocycles. The summed E-state index contributed by atoms with van der Waals surface area (Å²) in [6.07, 6.45) is 2.65. The van der Waals surface area contributed by atoms with Crippen molar-refractivity contribution in [2.24, 2.45) is 0 Å². The molecule has 1 amide bonds. The van der Waals surface area contributed by atoms with E-state index in [1.807, 2.05) is 0 Å². The van der Waals surface area contributed by atoms with E-state index in [2.05, 4.69) is 42.2 Å². The first-order chi connectivity index (χ1) is 9.52. The SMILES string of the molecule is COc1cc(NC(=O)c2ccncc2O)c(Br)cc1Br. The quantitative estimate of drug-likeness (QED) is 0.824. The van der Waals surface area contributed by atoms with E-state index in [9.17, 15) is 9.90 Å². The van der Waals surface area contributed by atoms with E-state index in [4.69, 9.17) is 4.74 Å². The average Bonchev–Trinajstić information content (AvgIpc) is 2.42. The number of halogens is 2. The Kier molecular flexibility index (Phi) is 4.61. The van der Waals surface area contributed by atoms with Gasteiger partial charge < -0.3 is 15.2 Å². The molecular formula is C13H10Br2N2O3. The predicted octanol–water partition coefficient (Wildman–Crippen LogP) is 3.57. The van der Waals surface area contributed by atoms with Crippen LogP contribution >= 0.6 is 31.9 Å². The Morgan fingerprint density at radius 2 is 2.10 bits per heavy atom. The number of aromatic hydroxyl groups is 1. The number of hydrogen-bond acceptors (Lipinski definition) is 4. The molecule has 104 valence electrons. The van der Waals surface area contributed by atoms with Crippen molar-refractivity contribution in [2.45, 2.75) is 0 Å². The van der Waals surface area contributed by atoms with Gasteiger partial charge in [-0.2, -0.15) is 0 Å². The van der Waals surface area contributed by atoms with Gasteiger partial charge in [-0.05, 0) is 44.0 Å². The zero-order chi connectivity index (χ0) is 14.7. The first kappa shape index (κ1) is 14.8. The number of carbonyl (C=O) groups excluding carboxylic acids is 1. The van der Waals surface area contributed by atoms with Crippen LogP contribution < -0.4 is 10.1 Å². The minimum Gasteiger partial charge on any atom is -0.505 e. The summed E-state index contributed by atoms with van der Waals surface area (Å²) < 4.78 is 6.62. The van der Waals surface area contributed by atoms with Crippen LogP contribution in [0.15, 0.2) is 39.5 Å². The Morgan fingerprint density at radius 3 is 2.75 bits per heavy atom. The van der Waals surface area contributed by atoms with Crippen molar-refractivity contribution < 1.29 is 14.6 Å². The van der Waals surface area contributed by atoms with Crippen molar-refractivity contribution in [3.63, 3.8) is 0 Å². The molecule has 0 radical (unpaired) electrons. The third kappa shape index (κ3) is 3.10. The van der Waals surface area contributed by atoms with E-state index in [-0.39, 0.29) is 11.3 Å². The van der Waals surface area contributed by atoms with Crippen molar-refractivity contribution in [1.29, 1.82) is 0 Å². The van der Waals surface area contributed by atoms with Gasteiger partial charge in [0.25, 0.3) is 5.91 Å². The van der Waals surface area contributed by atoms with E-state index in [1.165, 1.54) is 25.6 Å². The molecule has 5 nitrogen and oxygen atoms in total. The molecule has 0 fully saturated rings. The van der Waals surface area contributed by atoms with E-state index in [0.29, 0.717) is 15.9 Å². The molecule has 2 aromatic rings. The number of nitrogens with zero attached hydrogens (tertiary/aromatic N) is 1. The van der Waals surface area contributed by atoms with Crippen LogP contribution in [0.25, 0.3) is 0 Å². The standard InChI is InChI=1S/C13H10Br2N2O3/c1-20-12-5-10(8(14)4-9(12)15)17-13(19)7-2-3-16-6-11(7)18/h2-6,18H,1H3,(H,17,19). The average molecular weight is 402 g/mol. The second kappa shape index (κ2) is 6.23. The van der Waals surface area contributed by atoms with Gasteiger partial charge in [0.1, 0.15) is 11.5 Å². The van der Waals surface area contributed by atoms with E-state index in [0.717, 1.165) is 4.47 Å². The van der Waals surface area contributed by atoms with Gasteiger partial charge >= 0.3 is 0 Å². The van der Waals surface area contributed by atoms with Gasteiger partial charge in [-0.15, -0.1) is 0 Å². The summed E-state index contributed by atoms with van der Waals surface area (Å²) in [7, 11) is 1.54. The molecule has 2 rings (SSSR count). The van der Waals surface area contributed by atoms with Crippen LogP contribution in [0.1, 0.15) is 10.4 Å². The molecular weight excluding hydrogens is 392 g/mol. The number of ether oxygens (including phenoxy) is 1.